The van der Waals surface area contributed by atoms with Crippen LogP contribution in [0.2, 0.25) is 0 Å². The summed E-state index contributed by atoms with van der Waals surface area (Å²) in [5, 5.41) is 3.76. The van der Waals surface area contributed by atoms with E-state index < -0.39 is 0 Å². The summed E-state index contributed by atoms with van der Waals surface area (Å²) in [4.78, 5) is 17.2. The number of esters is 1. The van der Waals surface area contributed by atoms with E-state index in [0.717, 1.165) is 42.0 Å². The van der Waals surface area contributed by atoms with Gasteiger partial charge < -0.3 is 14.8 Å². The fraction of sp³-hybridized carbons (Fsp3) is 0.440. The molecule has 1 N–H and O–H groups in total. The third kappa shape index (κ3) is 3.99. The first-order chi connectivity index (χ1) is 15.2. The van der Waals surface area contributed by atoms with Crippen molar-refractivity contribution in [3.63, 3.8) is 0 Å². The van der Waals surface area contributed by atoms with Crippen LogP contribution in [0, 0.1) is 5.92 Å². The molecule has 5 rings (SSSR count). The molecular formula is C25H29N3O3. The maximum absolute atomic E-state index is 12.3. The predicted molar refractivity (Wildman–Crippen MR) is 121 cm³/mol. The highest BCUT2D eigenvalue weighted by atomic mass is 16.6. The Morgan fingerprint density at radius 2 is 1.87 bits per heavy atom. The smallest absolute Gasteiger partial charge is 0.314 e. The second-order valence-corrected chi connectivity index (χ2v) is 8.63. The minimum absolute atomic E-state index is 0.0223. The number of hydrogen-bond donors (Lipinski definition) is 1. The molecule has 6 heteroatoms. The van der Waals surface area contributed by atoms with Crippen LogP contribution < -0.4 is 14.8 Å². The minimum atomic E-state index is -0.162. The van der Waals surface area contributed by atoms with E-state index in [1.807, 2.05) is 42.6 Å². The van der Waals surface area contributed by atoms with Crippen LogP contribution >= 0.6 is 0 Å². The Bertz CT molecular complexity index is 1080. The van der Waals surface area contributed by atoms with Crippen LogP contribution in [0.15, 0.2) is 42.6 Å². The number of aromatic nitrogens is 2. The van der Waals surface area contributed by atoms with E-state index in [4.69, 9.17) is 14.5 Å². The summed E-state index contributed by atoms with van der Waals surface area (Å²) in [5.74, 6) is 1.88. The van der Waals surface area contributed by atoms with E-state index in [2.05, 4.69) is 9.72 Å². The highest BCUT2D eigenvalue weighted by Crippen LogP contribution is 2.38. The lowest BCUT2D eigenvalue weighted by atomic mass is 9.86. The largest absolute Gasteiger partial charge is 0.493 e. The van der Waals surface area contributed by atoms with Gasteiger partial charge in [0.25, 0.3) is 0 Å². The second kappa shape index (κ2) is 8.61. The molecule has 0 radical (unpaired) electrons. The second-order valence-electron chi connectivity index (χ2n) is 8.63. The topological polar surface area (TPSA) is 64.9 Å². The number of anilines is 1. The van der Waals surface area contributed by atoms with Crippen molar-refractivity contribution in [1.82, 2.24) is 9.38 Å². The molecule has 0 atom stereocenters. The number of fused-ring (bicyclic) bond motifs is 1. The molecule has 162 valence electrons. The molecule has 0 spiro atoms. The lowest BCUT2D eigenvalue weighted by Crippen LogP contribution is -2.26. The molecule has 31 heavy (non-hydrogen) atoms. The first-order valence-electron chi connectivity index (χ1n) is 11.4. The van der Waals surface area contributed by atoms with Crippen LogP contribution in [0.5, 0.6) is 11.5 Å². The normalized spacial score (nSPS) is 17.3. The molecule has 3 aromatic rings. The third-order valence-corrected chi connectivity index (χ3v) is 6.56. The Morgan fingerprint density at radius 1 is 1.03 bits per heavy atom. The van der Waals surface area contributed by atoms with Crippen molar-refractivity contribution in [2.24, 2.45) is 5.92 Å². The zero-order valence-corrected chi connectivity index (χ0v) is 18.0. The van der Waals surface area contributed by atoms with Crippen molar-refractivity contribution in [2.45, 2.75) is 57.4 Å². The molecule has 2 aliphatic rings. The number of pyridine rings is 1. The molecule has 0 bridgehead atoms. The zero-order chi connectivity index (χ0) is 21.2. The number of methoxy groups -OCH3 is 1. The molecule has 0 amide bonds. The number of nitrogens with zero attached hydrogens (tertiary/aromatic N) is 2. The number of rotatable bonds is 6. The number of carbonyl (C=O) groups excluding carboxylic acids is 1. The zero-order valence-electron chi connectivity index (χ0n) is 18.0. The molecule has 0 saturated heterocycles. The van der Waals surface area contributed by atoms with Gasteiger partial charge in [0, 0.05) is 17.8 Å². The minimum Gasteiger partial charge on any atom is -0.493 e. The Labute approximate surface area is 182 Å². The maximum atomic E-state index is 12.3. The van der Waals surface area contributed by atoms with E-state index in [0.29, 0.717) is 17.5 Å². The van der Waals surface area contributed by atoms with Gasteiger partial charge in [-0.25, -0.2) is 4.98 Å². The fourth-order valence-corrected chi connectivity index (χ4v) is 4.51. The van der Waals surface area contributed by atoms with Crippen molar-refractivity contribution < 1.29 is 14.3 Å². The molecule has 2 heterocycles. The highest BCUT2D eigenvalue weighted by Gasteiger charge is 2.28. The monoisotopic (exact) mass is 419 g/mol. The van der Waals surface area contributed by atoms with Gasteiger partial charge in [0.15, 0.2) is 11.5 Å². The van der Waals surface area contributed by atoms with Crippen LogP contribution in [0.25, 0.3) is 16.9 Å². The summed E-state index contributed by atoms with van der Waals surface area (Å²) < 4.78 is 13.3. The van der Waals surface area contributed by atoms with E-state index in [-0.39, 0.29) is 11.9 Å². The highest BCUT2D eigenvalue weighted by molar-refractivity contribution is 5.80. The van der Waals surface area contributed by atoms with Gasteiger partial charge in [-0.2, -0.15) is 0 Å². The summed E-state index contributed by atoms with van der Waals surface area (Å²) in [6.45, 7) is 0. The lowest BCUT2D eigenvalue weighted by Gasteiger charge is -2.24. The molecule has 2 fully saturated rings. The van der Waals surface area contributed by atoms with Gasteiger partial charge in [0.1, 0.15) is 17.2 Å². The van der Waals surface area contributed by atoms with Crippen molar-refractivity contribution in [3.05, 3.63) is 42.6 Å². The molecule has 6 nitrogen and oxygen atoms in total. The first-order valence-corrected chi connectivity index (χ1v) is 11.4. The van der Waals surface area contributed by atoms with Gasteiger partial charge in [-0.3, -0.25) is 9.20 Å². The van der Waals surface area contributed by atoms with Crippen LogP contribution in [-0.4, -0.2) is 28.5 Å². The van der Waals surface area contributed by atoms with E-state index >= 15 is 0 Å². The van der Waals surface area contributed by atoms with Gasteiger partial charge in [-0.05, 0) is 56.0 Å². The number of carbonyl (C=O) groups is 1. The van der Waals surface area contributed by atoms with E-state index in [1.54, 1.807) is 7.11 Å². The Hall–Kier alpha value is -3.02. The number of benzene rings is 1. The van der Waals surface area contributed by atoms with Crippen LogP contribution in [0.4, 0.5) is 5.82 Å². The summed E-state index contributed by atoms with van der Waals surface area (Å²) in [5.41, 5.74) is 2.71. The number of nitrogens with one attached hydrogen (secondary N) is 1. The molecule has 0 aliphatic heterocycles. The molecule has 0 unspecified atom stereocenters. The van der Waals surface area contributed by atoms with Crippen LogP contribution in [0.1, 0.15) is 51.4 Å². The van der Waals surface area contributed by atoms with Gasteiger partial charge in [0.05, 0.1) is 13.0 Å². The fourth-order valence-electron chi connectivity index (χ4n) is 4.51. The molecule has 2 saturated carbocycles. The molecule has 2 aliphatic carbocycles. The van der Waals surface area contributed by atoms with Crippen molar-refractivity contribution in [2.75, 3.05) is 12.4 Å². The molecule has 1 aromatic carbocycles. The Morgan fingerprint density at radius 3 is 2.61 bits per heavy atom. The van der Waals surface area contributed by atoms with Crippen molar-refractivity contribution in [1.29, 1.82) is 0 Å². The van der Waals surface area contributed by atoms with Crippen LogP contribution in [-0.2, 0) is 4.79 Å². The molecule has 2 aromatic heterocycles. The van der Waals surface area contributed by atoms with Gasteiger partial charge in [-0.15, -0.1) is 0 Å². The maximum Gasteiger partial charge on any atom is 0.314 e. The Balaban J connectivity index is 1.49. The summed E-state index contributed by atoms with van der Waals surface area (Å²) in [7, 11) is 1.60. The SMILES string of the molecule is COc1cc(-c2nc3ccccn3c2NC2CCCCC2)ccc1OC(=O)C1CCC1. The van der Waals surface area contributed by atoms with Crippen LogP contribution in [0.3, 0.4) is 0 Å². The lowest BCUT2D eigenvalue weighted by molar-refractivity contribution is -0.141. The van der Waals surface area contributed by atoms with Crippen molar-refractivity contribution in [3.8, 4) is 22.8 Å². The average Bonchev–Trinajstić information content (AvgIpc) is 3.12. The number of imidazole rings is 1. The third-order valence-electron chi connectivity index (χ3n) is 6.56. The predicted octanol–water partition coefficient (Wildman–Crippen LogP) is 5.46. The first kappa shape index (κ1) is 19.9. The standard InChI is InChI=1S/C25H29N3O3/c1-30-21-16-18(13-14-20(21)31-25(29)17-8-7-9-17)23-24(26-19-10-3-2-4-11-19)28-15-6-5-12-22(28)27-23/h5-6,12-17,19,26H,2-4,7-11H2,1H3. The molecular weight excluding hydrogens is 390 g/mol. The number of ether oxygens (including phenoxy) is 2. The average molecular weight is 420 g/mol. The van der Waals surface area contributed by atoms with Gasteiger partial charge >= 0.3 is 5.97 Å². The quantitative estimate of drug-likeness (QED) is 0.425. The summed E-state index contributed by atoms with van der Waals surface area (Å²) in [6, 6.07) is 12.2. The van der Waals surface area contributed by atoms with Gasteiger partial charge in [0.2, 0.25) is 0 Å². The van der Waals surface area contributed by atoms with Gasteiger partial charge in [-0.1, -0.05) is 31.7 Å². The number of hydrogen-bond acceptors (Lipinski definition) is 5. The van der Waals surface area contributed by atoms with E-state index in [1.165, 1.54) is 32.1 Å². The summed E-state index contributed by atoms with van der Waals surface area (Å²) in [6.07, 6.45) is 11.2. The van der Waals surface area contributed by atoms with E-state index in [9.17, 15) is 4.79 Å². The Kier molecular flexibility index (Phi) is 5.53. The summed E-state index contributed by atoms with van der Waals surface area (Å²) >= 11 is 0. The van der Waals surface area contributed by atoms with Crippen molar-refractivity contribution >= 4 is 17.4 Å².